The zero-order valence-corrected chi connectivity index (χ0v) is 10.1. The van der Waals surface area contributed by atoms with Crippen molar-refractivity contribution in [3.63, 3.8) is 0 Å². The van der Waals surface area contributed by atoms with Crippen molar-refractivity contribution in [1.29, 1.82) is 0 Å². The van der Waals surface area contributed by atoms with Crippen molar-refractivity contribution in [1.82, 2.24) is 0 Å². The molecule has 0 heterocycles. The summed E-state index contributed by atoms with van der Waals surface area (Å²) >= 11 is 6.01. The molecule has 18 heavy (non-hydrogen) atoms. The van der Waals surface area contributed by atoms with Gasteiger partial charge in [0.2, 0.25) is 0 Å². The minimum absolute atomic E-state index is 0.123. The van der Waals surface area contributed by atoms with Crippen molar-refractivity contribution in [2.75, 3.05) is 0 Å². The van der Waals surface area contributed by atoms with Gasteiger partial charge >= 0.3 is 5.97 Å². The van der Waals surface area contributed by atoms with Gasteiger partial charge in [-0.15, -0.1) is 0 Å². The van der Waals surface area contributed by atoms with Crippen LogP contribution in [0.2, 0.25) is 5.02 Å². The lowest BCUT2D eigenvalue weighted by Crippen LogP contribution is -2.00. The van der Waals surface area contributed by atoms with E-state index >= 15 is 0 Å². The van der Waals surface area contributed by atoms with Crippen LogP contribution in [0, 0.1) is 5.82 Å². The van der Waals surface area contributed by atoms with Gasteiger partial charge in [0.05, 0.1) is 6.42 Å². The highest BCUT2D eigenvalue weighted by atomic mass is 35.5. The topological polar surface area (TPSA) is 37.3 Å². The smallest absolute Gasteiger partial charge is 0.307 e. The van der Waals surface area contributed by atoms with E-state index in [-0.39, 0.29) is 12.2 Å². The van der Waals surface area contributed by atoms with Gasteiger partial charge in [0.25, 0.3) is 0 Å². The lowest BCUT2D eigenvalue weighted by atomic mass is 10.0. The Hall–Kier alpha value is -1.87. The summed E-state index contributed by atoms with van der Waals surface area (Å²) in [6.45, 7) is 0. The summed E-state index contributed by atoms with van der Waals surface area (Å²) in [5, 5.41) is 9.08. The molecule has 92 valence electrons. The summed E-state index contributed by atoms with van der Waals surface area (Å²) < 4.78 is 13.1. The molecule has 0 aliphatic heterocycles. The normalized spacial score (nSPS) is 10.3. The molecule has 2 nitrogen and oxygen atoms in total. The first kappa shape index (κ1) is 12.6. The SMILES string of the molecule is O=C(O)Cc1ccc(-c2cccc(F)c2)cc1Cl. The number of hydrogen-bond acceptors (Lipinski definition) is 1. The Balaban J connectivity index is 2.37. The molecule has 0 saturated heterocycles. The first-order valence-corrected chi connectivity index (χ1v) is 5.70. The summed E-state index contributed by atoms with van der Waals surface area (Å²) in [5.41, 5.74) is 2.01. The maximum absolute atomic E-state index is 13.1. The van der Waals surface area contributed by atoms with Gasteiger partial charge in [0, 0.05) is 5.02 Å². The van der Waals surface area contributed by atoms with Crippen LogP contribution in [0.5, 0.6) is 0 Å². The zero-order chi connectivity index (χ0) is 13.1. The largest absolute Gasteiger partial charge is 0.481 e. The lowest BCUT2D eigenvalue weighted by molar-refractivity contribution is -0.136. The molecule has 0 atom stereocenters. The van der Waals surface area contributed by atoms with Crippen molar-refractivity contribution in [3.05, 3.63) is 58.9 Å². The van der Waals surface area contributed by atoms with Gasteiger partial charge in [-0.2, -0.15) is 0 Å². The fourth-order valence-corrected chi connectivity index (χ4v) is 1.95. The van der Waals surface area contributed by atoms with Crippen molar-refractivity contribution in [3.8, 4) is 11.1 Å². The van der Waals surface area contributed by atoms with Gasteiger partial charge in [-0.1, -0.05) is 35.9 Å². The first-order chi connectivity index (χ1) is 8.56. The van der Waals surface area contributed by atoms with E-state index in [9.17, 15) is 9.18 Å². The number of aliphatic carboxylic acids is 1. The van der Waals surface area contributed by atoms with Gasteiger partial charge < -0.3 is 5.11 Å². The van der Waals surface area contributed by atoms with Gasteiger partial charge in [-0.05, 0) is 34.9 Å². The summed E-state index contributed by atoms with van der Waals surface area (Å²) in [6, 6.07) is 11.2. The monoisotopic (exact) mass is 264 g/mol. The molecular formula is C14H10ClFO2. The highest BCUT2D eigenvalue weighted by molar-refractivity contribution is 6.31. The van der Waals surface area contributed by atoms with Crippen molar-refractivity contribution in [2.24, 2.45) is 0 Å². The minimum Gasteiger partial charge on any atom is -0.481 e. The zero-order valence-electron chi connectivity index (χ0n) is 9.36. The second kappa shape index (κ2) is 5.19. The molecule has 2 aromatic rings. The standard InChI is InChI=1S/C14H10ClFO2/c15-13-7-10(4-5-11(13)8-14(17)18)9-2-1-3-12(16)6-9/h1-7H,8H2,(H,17,18). The average Bonchev–Trinajstić information content (AvgIpc) is 2.31. The molecule has 0 unspecified atom stereocenters. The van der Waals surface area contributed by atoms with Gasteiger partial charge in [0.15, 0.2) is 0 Å². The van der Waals surface area contributed by atoms with Crippen LogP contribution in [0.15, 0.2) is 42.5 Å². The molecule has 0 aromatic heterocycles. The van der Waals surface area contributed by atoms with Crippen molar-refractivity contribution < 1.29 is 14.3 Å². The average molecular weight is 265 g/mol. The Morgan fingerprint density at radius 3 is 2.50 bits per heavy atom. The van der Waals surface area contributed by atoms with Gasteiger partial charge in [-0.25, -0.2) is 4.39 Å². The Labute approximate surface area is 109 Å². The van der Waals surface area contributed by atoms with Crippen LogP contribution in [0.25, 0.3) is 11.1 Å². The predicted octanol–water partition coefficient (Wildman–Crippen LogP) is 3.77. The number of carboxylic acid groups (broad SMARTS) is 1. The van der Waals surface area contributed by atoms with E-state index in [2.05, 4.69) is 0 Å². The second-order valence-corrected chi connectivity index (χ2v) is 4.29. The molecular weight excluding hydrogens is 255 g/mol. The third-order valence-electron chi connectivity index (χ3n) is 2.55. The first-order valence-electron chi connectivity index (χ1n) is 5.32. The molecule has 0 saturated carbocycles. The van der Waals surface area contributed by atoms with E-state index in [0.29, 0.717) is 16.1 Å². The Kier molecular flexibility index (Phi) is 3.63. The molecule has 2 rings (SSSR count). The van der Waals surface area contributed by atoms with Gasteiger partial charge in [0.1, 0.15) is 5.82 Å². The summed E-state index contributed by atoms with van der Waals surface area (Å²) in [4.78, 5) is 10.6. The molecule has 0 amide bonds. The van der Waals surface area contributed by atoms with E-state index in [4.69, 9.17) is 16.7 Å². The summed E-state index contributed by atoms with van der Waals surface area (Å²) in [7, 11) is 0. The van der Waals surface area contributed by atoms with Crippen LogP contribution < -0.4 is 0 Å². The summed E-state index contributed by atoms with van der Waals surface area (Å²) in [5.74, 6) is -1.26. The van der Waals surface area contributed by atoms with E-state index in [1.807, 2.05) is 0 Å². The predicted molar refractivity (Wildman–Crippen MR) is 68.2 cm³/mol. The summed E-state index contributed by atoms with van der Waals surface area (Å²) in [6.07, 6.45) is -0.123. The quantitative estimate of drug-likeness (QED) is 0.916. The number of carboxylic acids is 1. The fraction of sp³-hybridized carbons (Fsp3) is 0.0714. The van der Waals surface area contributed by atoms with Crippen molar-refractivity contribution in [2.45, 2.75) is 6.42 Å². The number of carbonyl (C=O) groups is 1. The number of benzene rings is 2. The number of rotatable bonds is 3. The van der Waals surface area contributed by atoms with Crippen LogP contribution in [-0.4, -0.2) is 11.1 Å². The molecule has 0 bridgehead atoms. The number of halogens is 2. The van der Waals surface area contributed by atoms with E-state index in [1.165, 1.54) is 12.1 Å². The second-order valence-electron chi connectivity index (χ2n) is 3.89. The highest BCUT2D eigenvalue weighted by Crippen LogP contribution is 2.26. The third-order valence-corrected chi connectivity index (χ3v) is 2.90. The maximum atomic E-state index is 13.1. The van der Waals surface area contributed by atoms with Gasteiger partial charge in [-0.3, -0.25) is 4.79 Å². The Bertz CT molecular complexity index is 596. The Morgan fingerprint density at radius 2 is 1.89 bits per heavy atom. The molecule has 4 heteroatoms. The fourth-order valence-electron chi connectivity index (χ4n) is 1.70. The van der Waals surface area contributed by atoms with Crippen molar-refractivity contribution >= 4 is 17.6 Å². The van der Waals surface area contributed by atoms with E-state index < -0.39 is 5.97 Å². The molecule has 0 fully saturated rings. The molecule has 0 aliphatic rings. The third kappa shape index (κ3) is 2.87. The van der Waals surface area contributed by atoms with Crippen LogP contribution in [0.3, 0.4) is 0 Å². The molecule has 0 spiro atoms. The highest BCUT2D eigenvalue weighted by Gasteiger charge is 2.07. The Morgan fingerprint density at radius 1 is 1.17 bits per heavy atom. The maximum Gasteiger partial charge on any atom is 0.307 e. The van der Waals surface area contributed by atoms with Crippen LogP contribution in [0.1, 0.15) is 5.56 Å². The lowest BCUT2D eigenvalue weighted by Gasteiger charge is -2.06. The molecule has 2 aromatic carbocycles. The minimum atomic E-state index is -0.935. The van der Waals surface area contributed by atoms with E-state index in [1.54, 1.807) is 30.3 Å². The van der Waals surface area contributed by atoms with E-state index in [0.717, 1.165) is 5.56 Å². The molecule has 1 N–H and O–H groups in total. The number of hydrogen-bond donors (Lipinski definition) is 1. The molecule has 0 radical (unpaired) electrons. The van der Waals surface area contributed by atoms with Crippen LogP contribution in [0.4, 0.5) is 4.39 Å². The van der Waals surface area contributed by atoms with Crippen LogP contribution >= 0.6 is 11.6 Å². The molecule has 0 aliphatic carbocycles. The van der Waals surface area contributed by atoms with Crippen LogP contribution in [-0.2, 0) is 11.2 Å².